The normalized spacial score (nSPS) is 16.6. The molecule has 0 aromatic heterocycles. The minimum absolute atomic E-state index is 0.105. The molecule has 0 radical (unpaired) electrons. The smallest absolute Gasteiger partial charge is 0.221 e. The van der Waals surface area contributed by atoms with Gasteiger partial charge in [-0.1, -0.05) is 18.2 Å². The van der Waals surface area contributed by atoms with E-state index in [9.17, 15) is 0 Å². The Morgan fingerprint density at radius 3 is 2.27 bits per heavy atom. The fraction of sp³-hybridized carbons (Fsp3) is 0.222. The molecule has 4 N–H and O–H groups in total. The van der Waals surface area contributed by atoms with E-state index in [0.29, 0.717) is 17.2 Å². The van der Waals surface area contributed by atoms with E-state index in [1.165, 1.54) is 0 Å². The van der Waals surface area contributed by atoms with Gasteiger partial charge in [-0.25, -0.2) is 4.99 Å². The zero-order chi connectivity index (χ0) is 18.7. The second-order valence-electron chi connectivity index (χ2n) is 5.49. The van der Waals surface area contributed by atoms with Crippen LogP contribution in [0.4, 0.5) is 5.69 Å². The van der Waals surface area contributed by atoms with Crippen LogP contribution >= 0.6 is 0 Å². The average Bonchev–Trinajstić information content (AvgIpc) is 2.66. The fourth-order valence-corrected chi connectivity index (χ4v) is 2.83. The van der Waals surface area contributed by atoms with Gasteiger partial charge in [-0.3, -0.25) is 4.90 Å². The maximum Gasteiger partial charge on any atom is 0.221 e. The maximum absolute atomic E-state index is 6.18. The van der Waals surface area contributed by atoms with Gasteiger partial charge in [0, 0.05) is 5.56 Å². The Balaban J connectivity index is 2.12. The first-order valence-corrected chi connectivity index (χ1v) is 7.90. The van der Waals surface area contributed by atoms with Gasteiger partial charge in [-0.2, -0.15) is 4.99 Å². The highest BCUT2D eigenvalue weighted by Gasteiger charge is 2.30. The fourth-order valence-electron chi connectivity index (χ4n) is 2.83. The van der Waals surface area contributed by atoms with Crippen LogP contribution in [-0.2, 0) is 0 Å². The number of anilines is 1. The zero-order valence-electron chi connectivity index (χ0n) is 14.8. The molecule has 2 aromatic carbocycles. The number of methoxy groups -OCH3 is 3. The summed E-state index contributed by atoms with van der Waals surface area (Å²) in [7, 11) is 4.76. The van der Waals surface area contributed by atoms with Crippen molar-refractivity contribution in [1.29, 1.82) is 0 Å². The van der Waals surface area contributed by atoms with Gasteiger partial charge in [0.05, 0.1) is 27.0 Å². The van der Waals surface area contributed by atoms with Crippen molar-refractivity contribution in [2.75, 3.05) is 26.2 Å². The molecule has 1 aliphatic rings. The lowest BCUT2D eigenvalue weighted by molar-refractivity contribution is 0.354. The molecule has 8 heteroatoms. The zero-order valence-corrected chi connectivity index (χ0v) is 14.8. The van der Waals surface area contributed by atoms with Gasteiger partial charge in [0.25, 0.3) is 0 Å². The Morgan fingerprint density at radius 2 is 1.58 bits per heavy atom. The summed E-state index contributed by atoms with van der Waals surface area (Å²) in [6.07, 6.45) is -0.524. The van der Waals surface area contributed by atoms with E-state index in [1.807, 2.05) is 42.5 Å². The summed E-state index contributed by atoms with van der Waals surface area (Å²) in [6.45, 7) is 0. The van der Waals surface area contributed by atoms with Crippen LogP contribution in [0, 0.1) is 0 Å². The summed E-state index contributed by atoms with van der Waals surface area (Å²) in [5, 5.41) is 0. The molecule has 0 spiro atoms. The number of hydrogen-bond acceptors (Lipinski definition) is 8. The molecule has 1 atom stereocenters. The molecule has 0 unspecified atom stereocenters. The molecular weight excluding hydrogens is 334 g/mol. The molecule has 8 nitrogen and oxygen atoms in total. The number of nitrogens with two attached hydrogens (primary N) is 2. The Morgan fingerprint density at radius 1 is 0.885 bits per heavy atom. The highest BCUT2D eigenvalue weighted by molar-refractivity contribution is 6.05. The molecule has 26 heavy (non-hydrogen) atoms. The van der Waals surface area contributed by atoms with Crippen molar-refractivity contribution >= 4 is 17.6 Å². The number of para-hydroxylation sites is 2. The minimum atomic E-state index is -0.524. The van der Waals surface area contributed by atoms with E-state index >= 15 is 0 Å². The van der Waals surface area contributed by atoms with Crippen molar-refractivity contribution in [2.24, 2.45) is 21.5 Å². The van der Waals surface area contributed by atoms with Gasteiger partial charge in [-0.15, -0.1) is 0 Å². The lowest BCUT2D eigenvalue weighted by Crippen LogP contribution is -2.44. The number of hydrogen-bond donors (Lipinski definition) is 2. The van der Waals surface area contributed by atoms with Crippen LogP contribution in [0.15, 0.2) is 52.4 Å². The molecule has 0 bridgehead atoms. The second kappa shape index (κ2) is 7.22. The first-order valence-electron chi connectivity index (χ1n) is 7.90. The Kier molecular flexibility index (Phi) is 4.83. The largest absolute Gasteiger partial charge is 0.495 e. The van der Waals surface area contributed by atoms with Gasteiger partial charge in [0.1, 0.15) is 5.75 Å². The van der Waals surface area contributed by atoms with Crippen LogP contribution in [0.3, 0.4) is 0 Å². The van der Waals surface area contributed by atoms with Gasteiger partial charge in [-0.05, 0) is 24.3 Å². The van der Waals surface area contributed by atoms with Gasteiger partial charge in [0.15, 0.2) is 17.7 Å². The minimum Gasteiger partial charge on any atom is -0.495 e. The summed E-state index contributed by atoms with van der Waals surface area (Å²) >= 11 is 0. The number of rotatable bonds is 5. The van der Waals surface area contributed by atoms with Crippen LogP contribution in [0.25, 0.3) is 0 Å². The summed E-state index contributed by atoms with van der Waals surface area (Å²) < 4.78 is 16.2. The molecule has 0 amide bonds. The van der Waals surface area contributed by atoms with Gasteiger partial charge in [0.2, 0.25) is 11.9 Å². The van der Waals surface area contributed by atoms with E-state index in [2.05, 4.69) is 9.98 Å². The molecule has 1 aliphatic heterocycles. The number of benzene rings is 2. The SMILES string of the molecule is COc1ccc([C@@H]2N=C(N)N=C(N)N2c2ccccc2OC)cc1OC. The van der Waals surface area contributed by atoms with Crippen LogP contribution in [-0.4, -0.2) is 33.2 Å². The van der Waals surface area contributed by atoms with Crippen molar-refractivity contribution in [3.63, 3.8) is 0 Å². The first-order chi connectivity index (χ1) is 12.6. The van der Waals surface area contributed by atoms with Crippen LogP contribution < -0.4 is 30.6 Å². The molecule has 0 saturated carbocycles. The number of nitrogens with zero attached hydrogens (tertiary/aromatic N) is 3. The van der Waals surface area contributed by atoms with Crippen molar-refractivity contribution in [2.45, 2.75) is 6.17 Å². The van der Waals surface area contributed by atoms with E-state index in [-0.39, 0.29) is 11.9 Å². The number of guanidine groups is 2. The van der Waals surface area contributed by atoms with E-state index in [0.717, 1.165) is 11.3 Å². The maximum atomic E-state index is 6.18. The lowest BCUT2D eigenvalue weighted by Gasteiger charge is -2.33. The molecule has 3 rings (SSSR count). The molecular formula is C18H21N5O3. The van der Waals surface area contributed by atoms with Crippen LogP contribution in [0.2, 0.25) is 0 Å². The molecule has 136 valence electrons. The predicted octanol–water partition coefficient (Wildman–Crippen LogP) is 1.86. The third kappa shape index (κ3) is 3.08. The van der Waals surface area contributed by atoms with E-state index < -0.39 is 6.17 Å². The first kappa shape index (κ1) is 17.4. The topological polar surface area (TPSA) is 108 Å². The van der Waals surface area contributed by atoms with Crippen molar-refractivity contribution in [3.05, 3.63) is 48.0 Å². The van der Waals surface area contributed by atoms with E-state index in [4.69, 9.17) is 25.7 Å². The summed E-state index contributed by atoms with van der Waals surface area (Å²) in [4.78, 5) is 10.3. The Hall–Kier alpha value is -3.42. The van der Waals surface area contributed by atoms with Crippen molar-refractivity contribution in [3.8, 4) is 17.2 Å². The summed E-state index contributed by atoms with van der Waals surface area (Å²) in [5.74, 6) is 2.18. The Labute approximate surface area is 151 Å². The highest BCUT2D eigenvalue weighted by atomic mass is 16.5. The average molecular weight is 355 g/mol. The van der Waals surface area contributed by atoms with Gasteiger partial charge < -0.3 is 25.7 Å². The lowest BCUT2D eigenvalue weighted by atomic mass is 10.1. The molecule has 2 aromatic rings. The summed E-state index contributed by atoms with van der Waals surface area (Å²) in [5.41, 5.74) is 13.6. The van der Waals surface area contributed by atoms with Crippen LogP contribution in [0.5, 0.6) is 17.2 Å². The van der Waals surface area contributed by atoms with Crippen molar-refractivity contribution in [1.82, 2.24) is 0 Å². The quantitative estimate of drug-likeness (QED) is 0.848. The predicted molar refractivity (Wildman–Crippen MR) is 101 cm³/mol. The molecule has 0 fully saturated rings. The number of aliphatic imine (C=N–C) groups is 2. The second-order valence-corrected chi connectivity index (χ2v) is 5.49. The summed E-state index contributed by atoms with van der Waals surface area (Å²) in [6, 6.07) is 13.0. The third-order valence-electron chi connectivity index (χ3n) is 4.03. The van der Waals surface area contributed by atoms with Gasteiger partial charge >= 0.3 is 0 Å². The third-order valence-corrected chi connectivity index (χ3v) is 4.03. The molecule has 1 heterocycles. The Bertz CT molecular complexity index is 866. The number of ether oxygens (including phenoxy) is 3. The standard InChI is InChI=1S/C18H21N5O3/c1-24-13-7-5-4-6-12(13)23-16(21-17(19)22-18(23)20)11-8-9-14(25-2)15(10-11)26-3/h4-10,16H,1-3H3,(H4,19,20,21,22)/t16-/m1/s1. The molecule has 0 saturated heterocycles. The highest BCUT2D eigenvalue weighted by Crippen LogP contribution is 2.38. The molecule has 0 aliphatic carbocycles. The van der Waals surface area contributed by atoms with Crippen LogP contribution in [0.1, 0.15) is 11.7 Å². The van der Waals surface area contributed by atoms with E-state index in [1.54, 1.807) is 26.2 Å². The monoisotopic (exact) mass is 355 g/mol. The van der Waals surface area contributed by atoms with Crippen molar-refractivity contribution < 1.29 is 14.2 Å².